The maximum Gasteiger partial charge on any atom is 0.322 e. The maximum absolute atomic E-state index is 11.0. The van der Waals surface area contributed by atoms with Gasteiger partial charge in [-0.1, -0.05) is 0 Å². The molecule has 0 amide bonds. The highest BCUT2D eigenvalue weighted by atomic mass is 16.5. The van der Waals surface area contributed by atoms with Crippen molar-refractivity contribution in [1.29, 1.82) is 0 Å². The molecule has 0 aromatic carbocycles. The van der Waals surface area contributed by atoms with Crippen LogP contribution in [0.4, 0.5) is 0 Å². The zero-order chi connectivity index (χ0) is 9.14. The molecule has 0 radical (unpaired) electrons. The monoisotopic (exact) mass is 172 g/mol. The molecule has 1 saturated heterocycles. The van der Waals surface area contributed by atoms with Crippen molar-refractivity contribution in [2.75, 3.05) is 20.1 Å². The lowest BCUT2D eigenvalue weighted by Crippen LogP contribution is -2.33. The van der Waals surface area contributed by atoms with Gasteiger partial charge in [-0.05, 0) is 20.4 Å². The number of carbonyl (C=O) groups excluding carboxylic acids is 1. The Morgan fingerprint density at radius 2 is 2.42 bits per heavy atom. The molecule has 4 nitrogen and oxygen atoms in total. The van der Waals surface area contributed by atoms with Crippen molar-refractivity contribution in [2.45, 2.75) is 25.5 Å². The Labute approximate surface area is 72.7 Å². The molecule has 1 rings (SSSR count). The Morgan fingerprint density at radius 3 is 2.83 bits per heavy atom. The number of hydrogen-bond acceptors (Lipinski definition) is 4. The number of nitrogens with two attached hydrogens (primary N) is 1. The third-order valence-electron chi connectivity index (χ3n) is 2.00. The molecular formula is C8H16N2O2. The quantitative estimate of drug-likeness (QED) is 0.575. The normalized spacial score (nSPS) is 27.1. The van der Waals surface area contributed by atoms with Crippen molar-refractivity contribution >= 4 is 5.97 Å². The summed E-state index contributed by atoms with van der Waals surface area (Å²) in [6, 6.07) is -0.504. The molecule has 1 heterocycles. The van der Waals surface area contributed by atoms with Gasteiger partial charge in [0.15, 0.2) is 0 Å². The van der Waals surface area contributed by atoms with Crippen LogP contribution in [0.2, 0.25) is 0 Å². The third kappa shape index (κ3) is 2.46. The average Bonchev–Trinajstić information content (AvgIpc) is 2.35. The highest BCUT2D eigenvalue weighted by Crippen LogP contribution is 2.10. The van der Waals surface area contributed by atoms with E-state index in [4.69, 9.17) is 10.5 Å². The van der Waals surface area contributed by atoms with Crippen molar-refractivity contribution in [2.24, 2.45) is 5.73 Å². The number of ether oxygens (including phenoxy) is 1. The van der Waals surface area contributed by atoms with E-state index in [0.29, 0.717) is 0 Å². The molecular weight excluding hydrogens is 156 g/mol. The summed E-state index contributed by atoms with van der Waals surface area (Å²) in [6.07, 6.45) is 0.975. The van der Waals surface area contributed by atoms with Crippen LogP contribution in [-0.4, -0.2) is 43.2 Å². The topological polar surface area (TPSA) is 55.6 Å². The fourth-order valence-electron chi connectivity index (χ4n) is 1.26. The van der Waals surface area contributed by atoms with E-state index in [2.05, 4.69) is 4.90 Å². The Kier molecular flexibility index (Phi) is 3.05. The minimum Gasteiger partial charge on any atom is -0.460 e. The number of likely N-dealkylation sites (tertiary alicyclic amines) is 1. The Hall–Kier alpha value is -0.610. The first-order chi connectivity index (χ1) is 5.59. The van der Waals surface area contributed by atoms with E-state index < -0.39 is 6.04 Å². The highest BCUT2D eigenvalue weighted by Gasteiger charge is 2.23. The first kappa shape index (κ1) is 9.48. The van der Waals surface area contributed by atoms with Gasteiger partial charge in [-0.3, -0.25) is 4.79 Å². The Morgan fingerprint density at radius 1 is 1.75 bits per heavy atom. The van der Waals surface area contributed by atoms with Gasteiger partial charge < -0.3 is 15.4 Å². The summed E-state index contributed by atoms with van der Waals surface area (Å²) in [5.74, 6) is -0.296. The van der Waals surface area contributed by atoms with E-state index in [0.717, 1.165) is 19.5 Å². The van der Waals surface area contributed by atoms with Crippen molar-refractivity contribution in [3.8, 4) is 0 Å². The predicted octanol–water partition coefficient (Wildman–Crippen LogP) is -0.419. The van der Waals surface area contributed by atoms with Crippen molar-refractivity contribution in [1.82, 2.24) is 4.90 Å². The third-order valence-corrected chi connectivity index (χ3v) is 2.00. The number of esters is 1. The number of rotatable bonds is 2. The van der Waals surface area contributed by atoms with Crippen LogP contribution in [0.3, 0.4) is 0 Å². The molecule has 2 atom stereocenters. The second-order valence-electron chi connectivity index (χ2n) is 3.40. The van der Waals surface area contributed by atoms with Crippen LogP contribution in [0.5, 0.6) is 0 Å². The summed E-state index contributed by atoms with van der Waals surface area (Å²) in [7, 11) is 2.01. The first-order valence-electron chi connectivity index (χ1n) is 4.24. The van der Waals surface area contributed by atoms with Crippen molar-refractivity contribution < 1.29 is 9.53 Å². The van der Waals surface area contributed by atoms with Gasteiger partial charge in [-0.2, -0.15) is 0 Å². The van der Waals surface area contributed by atoms with E-state index in [9.17, 15) is 4.79 Å². The highest BCUT2D eigenvalue weighted by molar-refractivity contribution is 5.75. The van der Waals surface area contributed by atoms with Gasteiger partial charge in [0.2, 0.25) is 0 Å². The molecule has 1 aliphatic rings. The van der Waals surface area contributed by atoms with Crippen molar-refractivity contribution in [3.05, 3.63) is 0 Å². The lowest BCUT2D eigenvalue weighted by Gasteiger charge is -2.13. The zero-order valence-corrected chi connectivity index (χ0v) is 7.62. The van der Waals surface area contributed by atoms with Gasteiger partial charge in [0.1, 0.15) is 12.1 Å². The van der Waals surface area contributed by atoms with Crippen LogP contribution < -0.4 is 5.73 Å². The minimum absolute atomic E-state index is 0.0495. The summed E-state index contributed by atoms with van der Waals surface area (Å²) in [4.78, 5) is 13.2. The molecule has 4 heteroatoms. The van der Waals surface area contributed by atoms with Gasteiger partial charge in [-0.15, -0.1) is 0 Å². The van der Waals surface area contributed by atoms with Crippen LogP contribution in [-0.2, 0) is 9.53 Å². The molecule has 0 unspecified atom stereocenters. The second-order valence-corrected chi connectivity index (χ2v) is 3.40. The van der Waals surface area contributed by atoms with Crippen LogP contribution in [0.15, 0.2) is 0 Å². The van der Waals surface area contributed by atoms with Gasteiger partial charge >= 0.3 is 5.97 Å². The largest absolute Gasteiger partial charge is 0.460 e. The molecule has 0 aliphatic carbocycles. The Bertz CT molecular complexity index is 170. The van der Waals surface area contributed by atoms with Crippen LogP contribution in [0.25, 0.3) is 0 Å². The Balaban J connectivity index is 2.28. The summed E-state index contributed by atoms with van der Waals surface area (Å²) < 4.78 is 5.14. The van der Waals surface area contributed by atoms with E-state index in [1.54, 1.807) is 6.92 Å². The van der Waals surface area contributed by atoms with E-state index in [1.807, 2.05) is 7.05 Å². The molecule has 70 valence electrons. The van der Waals surface area contributed by atoms with E-state index >= 15 is 0 Å². The van der Waals surface area contributed by atoms with Crippen LogP contribution in [0, 0.1) is 0 Å². The molecule has 0 bridgehead atoms. The number of nitrogens with zero attached hydrogens (tertiary/aromatic N) is 1. The second kappa shape index (κ2) is 3.87. The summed E-state index contributed by atoms with van der Waals surface area (Å²) in [5, 5.41) is 0. The SMILES string of the molecule is C[C@H](N)C(=O)O[C@@H]1CCN(C)C1. The van der Waals surface area contributed by atoms with Crippen LogP contribution >= 0.6 is 0 Å². The number of likely N-dealkylation sites (N-methyl/N-ethyl adjacent to an activating group) is 1. The molecule has 0 spiro atoms. The lowest BCUT2D eigenvalue weighted by molar-refractivity contribution is -0.149. The molecule has 0 saturated carbocycles. The average molecular weight is 172 g/mol. The smallest absolute Gasteiger partial charge is 0.322 e. The molecule has 1 fully saturated rings. The fourth-order valence-corrected chi connectivity index (χ4v) is 1.26. The van der Waals surface area contributed by atoms with E-state index in [-0.39, 0.29) is 12.1 Å². The molecule has 0 aromatic rings. The van der Waals surface area contributed by atoms with Crippen molar-refractivity contribution in [3.63, 3.8) is 0 Å². The lowest BCUT2D eigenvalue weighted by atomic mass is 10.3. The van der Waals surface area contributed by atoms with Gasteiger partial charge in [-0.25, -0.2) is 0 Å². The molecule has 2 N–H and O–H groups in total. The van der Waals surface area contributed by atoms with Gasteiger partial charge in [0, 0.05) is 13.1 Å². The maximum atomic E-state index is 11.0. The predicted molar refractivity (Wildman–Crippen MR) is 45.6 cm³/mol. The number of carbonyl (C=O) groups is 1. The first-order valence-corrected chi connectivity index (χ1v) is 4.24. The number of hydrogen-bond donors (Lipinski definition) is 1. The van der Waals surface area contributed by atoms with E-state index in [1.165, 1.54) is 0 Å². The summed E-state index contributed by atoms with van der Waals surface area (Å²) in [5.41, 5.74) is 5.36. The van der Waals surface area contributed by atoms with Gasteiger partial charge in [0.25, 0.3) is 0 Å². The standard InChI is InChI=1S/C8H16N2O2/c1-6(9)8(11)12-7-3-4-10(2)5-7/h6-7H,3-5,9H2,1-2H3/t6-,7+/m0/s1. The summed E-state index contributed by atoms with van der Waals surface area (Å²) >= 11 is 0. The minimum atomic E-state index is -0.504. The summed E-state index contributed by atoms with van der Waals surface area (Å²) in [6.45, 7) is 3.47. The molecule has 12 heavy (non-hydrogen) atoms. The zero-order valence-electron chi connectivity index (χ0n) is 7.62. The van der Waals surface area contributed by atoms with Crippen LogP contribution in [0.1, 0.15) is 13.3 Å². The van der Waals surface area contributed by atoms with Gasteiger partial charge in [0.05, 0.1) is 0 Å². The molecule has 1 aliphatic heterocycles. The molecule has 0 aromatic heterocycles. The fraction of sp³-hybridized carbons (Fsp3) is 0.875.